The maximum Gasteiger partial charge on any atom is 0.255 e. The molecule has 2 aromatic carbocycles. The summed E-state index contributed by atoms with van der Waals surface area (Å²) in [5.41, 5.74) is 7.62. The van der Waals surface area contributed by atoms with Crippen molar-refractivity contribution >= 4 is 17.5 Å². The second kappa shape index (κ2) is 10.3. The van der Waals surface area contributed by atoms with Gasteiger partial charge in [-0.05, 0) is 48.9 Å². The van der Waals surface area contributed by atoms with Crippen molar-refractivity contribution < 1.29 is 19.4 Å². The zero-order valence-corrected chi connectivity index (χ0v) is 18.6. The summed E-state index contributed by atoms with van der Waals surface area (Å²) in [6.07, 6.45) is 3.02. The van der Waals surface area contributed by atoms with E-state index >= 15 is 0 Å². The van der Waals surface area contributed by atoms with Gasteiger partial charge in [-0.1, -0.05) is 24.8 Å². The Balaban J connectivity index is 1.49. The van der Waals surface area contributed by atoms with E-state index in [2.05, 4.69) is 16.9 Å². The number of hydrogen-bond acceptors (Lipinski definition) is 6. The molecule has 2 amide bonds. The van der Waals surface area contributed by atoms with Crippen LogP contribution in [-0.4, -0.2) is 46.1 Å². The predicted octanol–water partition coefficient (Wildman–Crippen LogP) is 3.52. The number of pyridine rings is 1. The van der Waals surface area contributed by atoms with Gasteiger partial charge in [0.25, 0.3) is 11.8 Å². The number of carbonyl (C=O) groups is 2. The van der Waals surface area contributed by atoms with Crippen LogP contribution in [0.15, 0.2) is 79.5 Å². The first kappa shape index (κ1) is 23.2. The van der Waals surface area contributed by atoms with Crippen molar-refractivity contribution in [3.05, 3.63) is 96.3 Å². The highest BCUT2D eigenvalue weighted by Crippen LogP contribution is 2.32. The topological polar surface area (TPSA) is 118 Å². The molecule has 8 nitrogen and oxygen atoms in total. The SMILES string of the molecule is C=CC(O)N1CCC(c2cc(Oc3ccc(NC(=O)c4ccccc4)cc3)c(C(N)=O)cn2)C1. The number of aliphatic hydroxyl groups is 1. The van der Waals surface area contributed by atoms with Crippen LogP contribution in [0.4, 0.5) is 5.69 Å². The van der Waals surface area contributed by atoms with Crippen LogP contribution in [0.25, 0.3) is 0 Å². The van der Waals surface area contributed by atoms with Gasteiger partial charge in [0.15, 0.2) is 0 Å². The predicted molar refractivity (Wildman–Crippen MR) is 129 cm³/mol. The second-order valence-corrected chi connectivity index (χ2v) is 8.05. The molecule has 1 fully saturated rings. The number of ether oxygens (including phenoxy) is 1. The Labute approximate surface area is 197 Å². The quantitative estimate of drug-likeness (QED) is 0.445. The Morgan fingerprint density at radius 1 is 1.21 bits per heavy atom. The molecular formula is C26H26N4O4. The van der Waals surface area contributed by atoms with E-state index in [1.807, 2.05) is 11.0 Å². The van der Waals surface area contributed by atoms with Gasteiger partial charge >= 0.3 is 0 Å². The number of nitrogens with two attached hydrogens (primary N) is 1. The number of rotatable bonds is 8. The first-order valence-electron chi connectivity index (χ1n) is 10.9. The number of carbonyl (C=O) groups excluding carboxylic acids is 2. The minimum atomic E-state index is -0.702. The summed E-state index contributed by atoms with van der Waals surface area (Å²) in [5.74, 6) is 0.00962. The van der Waals surface area contributed by atoms with Crippen molar-refractivity contribution in [2.75, 3.05) is 18.4 Å². The Morgan fingerprint density at radius 2 is 1.94 bits per heavy atom. The molecule has 1 aromatic heterocycles. The fourth-order valence-electron chi connectivity index (χ4n) is 3.89. The number of primary amides is 1. The molecule has 0 bridgehead atoms. The molecule has 8 heteroatoms. The number of nitrogens with zero attached hydrogens (tertiary/aromatic N) is 2. The number of amides is 2. The molecule has 2 unspecified atom stereocenters. The fraction of sp³-hybridized carbons (Fsp3) is 0.192. The molecule has 174 valence electrons. The van der Waals surface area contributed by atoms with Crippen molar-refractivity contribution in [1.29, 1.82) is 0 Å². The van der Waals surface area contributed by atoms with Crippen molar-refractivity contribution in [2.45, 2.75) is 18.6 Å². The third-order valence-electron chi connectivity index (χ3n) is 5.75. The minimum absolute atomic E-state index is 0.0782. The van der Waals surface area contributed by atoms with E-state index < -0.39 is 12.1 Å². The van der Waals surface area contributed by atoms with Gasteiger partial charge < -0.3 is 20.9 Å². The van der Waals surface area contributed by atoms with Crippen LogP contribution < -0.4 is 15.8 Å². The number of aromatic nitrogens is 1. The van der Waals surface area contributed by atoms with Gasteiger partial charge in [0.1, 0.15) is 23.3 Å². The third kappa shape index (κ3) is 5.31. The Morgan fingerprint density at radius 3 is 2.62 bits per heavy atom. The van der Waals surface area contributed by atoms with E-state index in [1.54, 1.807) is 54.6 Å². The first-order valence-corrected chi connectivity index (χ1v) is 10.9. The minimum Gasteiger partial charge on any atom is -0.456 e. The van der Waals surface area contributed by atoms with E-state index in [0.29, 0.717) is 35.8 Å². The Hall–Kier alpha value is -4.01. The highest BCUT2D eigenvalue weighted by Gasteiger charge is 2.28. The zero-order valence-electron chi connectivity index (χ0n) is 18.6. The second-order valence-electron chi connectivity index (χ2n) is 8.05. The normalized spacial score (nSPS) is 16.6. The monoisotopic (exact) mass is 458 g/mol. The molecule has 34 heavy (non-hydrogen) atoms. The summed E-state index contributed by atoms with van der Waals surface area (Å²) in [6.45, 7) is 4.96. The van der Waals surface area contributed by atoms with Gasteiger partial charge in [-0.3, -0.25) is 19.5 Å². The highest BCUT2D eigenvalue weighted by molar-refractivity contribution is 6.04. The highest BCUT2D eigenvalue weighted by atomic mass is 16.5. The molecule has 2 atom stereocenters. The van der Waals surface area contributed by atoms with Crippen molar-refractivity contribution in [2.24, 2.45) is 5.73 Å². The van der Waals surface area contributed by atoms with Gasteiger partial charge in [-0.25, -0.2) is 0 Å². The molecule has 0 spiro atoms. The van der Waals surface area contributed by atoms with Gasteiger partial charge in [-0.15, -0.1) is 0 Å². The van der Waals surface area contributed by atoms with E-state index in [-0.39, 0.29) is 17.4 Å². The number of likely N-dealkylation sites (tertiary alicyclic amines) is 1. The van der Waals surface area contributed by atoms with Gasteiger partial charge in [0, 0.05) is 48.2 Å². The number of aliphatic hydroxyl groups excluding tert-OH is 1. The van der Waals surface area contributed by atoms with Crippen LogP contribution in [0, 0.1) is 0 Å². The van der Waals surface area contributed by atoms with Gasteiger partial charge in [0.05, 0.1) is 0 Å². The lowest BCUT2D eigenvalue weighted by atomic mass is 10.0. The summed E-state index contributed by atoms with van der Waals surface area (Å²) in [6, 6.07) is 17.5. The van der Waals surface area contributed by atoms with E-state index in [0.717, 1.165) is 12.1 Å². The number of nitrogens with one attached hydrogen (secondary N) is 1. The lowest BCUT2D eigenvalue weighted by Crippen LogP contribution is -2.31. The van der Waals surface area contributed by atoms with Crippen LogP contribution in [0.5, 0.6) is 11.5 Å². The van der Waals surface area contributed by atoms with Crippen LogP contribution in [0.3, 0.4) is 0 Å². The maximum absolute atomic E-state index is 12.3. The van der Waals surface area contributed by atoms with E-state index in [1.165, 1.54) is 12.3 Å². The molecule has 0 aliphatic carbocycles. The maximum atomic E-state index is 12.3. The van der Waals surface area contributed by atoms with E-state index in [4.69, 9.17) is 10.5 Å². The molecule has 0 saturated carbocycles. The molecule has 1 saturated heterocycles. The fourth-order valence-corrected chi connectivity index (χ4v) is 3.89. The smallest absolute Gasteiger partial charge is 0.255 e. The molecule has 1 aliphatic rings. The molecular weight excluding hydrogens is 432 g/mol. The molecule has 4 N–H and O–H groups in total. The summed E-state index contributed by atoms with van der Waals surface area (Å²) >= 11 is 0. The van der Waals surface area contributed by atoms with Crippen LogP contribution in [-0.2, 0) is 0 Å². The zero-order chi connectivity index (χ0) is 24.1. The van der Waals surface area contributed by atoms with Crippen molar-refractivity contribution in [1.82, 2.24) is 9.88 Å². The summed E-state index contributed by atoms with van der Waals surface area (Å²) in [4.78, 5) is 30.6. The van der Waals surface area contributed by atoms with Gasteiger partial charge in [-0.2, -0.15) is 0 Å². The molecule has 0 radical (unpaired) electrons. The summed E-state index contributed by atoms with van der Waals surface area (Å²) in [5, 5.41) is 12.8. The molecule has 4 rings (SSSR count). The van der Waals surface area contributed by atoms with Crippen molar-refractivity contribution in [3.8, 4) is 11.5 Å². The standard InChI is InChI=1S/C26H26N4O4/c1-2-24(31)30-13-12-18(16-30)22-14-23(21(15-28-22)25(27)32)34-20-10-8-19(9-11-20)29-26(33)17-6-4-3-5-7-17/h2-11,14-15,18,24,31H,1,12-13,16H2,(H2,27,32)(H,29,33). The first-order chi connectivity index (χ1) is 16.4. The van der Waals surface area contributed by atoms with Crippen molar-refractivity contribution in [3.63, 3.8) is 0 Å². The third-order valence-corrected chi connectivity index (χ3v) is 5.75. The van der Waals surface area contributed by atoms with E-state index in [9.17, 15) is 14.7 Å². The van der Waals surface area contributed by atoms with Crippen LogP contribution in [0.2, 0.25) is 0 Å². The Kier molecular flexibility index (Phi) is 7.01. The van der Waals surface area contributed by atoms with Crippen LogP contribution >= 0.6 is 0 Å². The average molecular weight is 459 g/mol. The number of hydrogen-bond donors (Lipinski definition) is 3. The Bertz CT molecular complexity index is 1180. The number of benzene rings is 2. The van der Waals surface area contributed by atoms with Gasteiger partial charge in [0.2, 0.25) is 0 Å². The van der Waals surface area contributed by atoms with Crippen LogP contribution in [0.1, 0.15) is 38.7 Å². The molecule has 3 aromatic rings. The summed E-state index contributed by atoms with van der Waals surface area (Å²) in [7, 11) is 0. The molecule has 1 aliphatic heterocycles. The average Bonchev–Trinajstić information content (AvgIpc) is 3.35. The lowest BCUT2D eigenvalue weighted by molar-refractivity contribution is 0.0604. The largest absolute Gasteiger partial charge is 0.456 e. The lowest BCUT2D eigenvalue weighted by Gasteiger charge is -2.20. The molecule has 2 heterocycles. The summed E-state index contributed by atoms with van der Waals surface area (Å²) < 4.78 is 5.98. The number of anilines is 1.